The Hall–Kier alpha value is -0.310. The van der Waals surface area contributed by atoms with Crippen molar-refractivity contribution in [1.82, 2.24) is 5.32 Å². The molecule has 0 spiro atoms. The van der Waals surface area contributed by atoms with Crippen molar-refractivity contribution in [3.05, 3.63) is 34.6 Å². The molecule has 0 aromatic heterocycles. The van der Waals surface area contributed by atoms with Gasteiger partial charge in [0, 0.05) is 29.1 Å². The second kappa shape index (κ2) is 5.54. The summed E-state index contributed by atoms with van der Waals surface area (Å²) in [6, 6.07) is 4.65. The molecule has 1 aromatic rings. The van der Waals surface area contributed by atoms with Crippen LogP contribution in [0.15, 0.2) is 18.2 Å². The summed E-state index contributed by atoms with van der Waals surface area (Å²) in [5.74, 6) is -0.285. The zero-order chi connectivity index (χ0) is 10.6. The van der Waals surface area contributed by atoms with Crippen LogP contribution in [-0.4, -0.2) is 11.9 Å². The van der Waals surface area contributed by atoms with Crippen molar-refractivity contribution in [1.29, 1.82) is 0 Å². The molecule has 1 aromatic carbocycles. The molecule has 0 radical (unpaired) electrons. The molecule has 1 rings (SSSR count). The third-order valence-corrected chi connectivity index (χ3v) is 2.15. The molecule has 0 aliphatic heterocycles. The van der Waals surface area contributed by atoms with Crippen molar-refractivity contribution < 1.29 is 4.39 Å². The summed E-state index contributed by atoms with van der Waals surface area (Å²) < 4.78 is 13.2. The van der Waals surface area contributed by atoms with Crippen LogP contribution in [0.2, 0.25) is 5.02 Å². The maximum Gasteiger partial charge on any atom is 0.129 e. The standard InChI is InChI=1S/C10H12Cl2FN/c1-7(11)5-14-6-8-2-3-9(12)4-10(8)13/h2-4,7,14H,5-6H2,1H3. The van der Waals surface area contributed by atoms with Gasteiger partial charge < -0.3 is 5.32 Å². The van der Waals surface area contributed by atoms with Crippen molar-refractivity contribution in [2.75, 3.05) is 6.54 Å². The van der Waals surface area contributed by atoms with Crippen LogP contribution in [0.1, 0.15) is 12.5 Å². The Morgan fingerprint density at radius 3 is 2.79 bits per heavy atom. The first kappa shape index (κ1) is 11.8. The third kappa shape index (κ3) is 3.82. The molecule has 0 saturated carbocycles. The van der Waals surface area contributed by atoms with E-state index in [0.29, 0.717) is 23.7 Å². The molecule has 0 bridgehead atoms. The van der Waals surface area contributed by atoms with Crippen molar-refractivity contribution in [2.45, 2.75) is 18.8 Å². The molecular formula is C10H12Cl2FN. The highest BCUT2D eigenvalue weighted by Gasteiger charge is 2.02. The number of rotatable bonds is 4. The van der Waals surface area contributed by atoms with Crippen LogP contribution in [0.3, 0.4) is 0 Å². The maximum absolute atomic E-state index is 13.2. The Balaban J connectivity index is 2.51. The van der Waals surface area contributed by atoms with E-state index in [-0.39, 0.29) is 11.2 Å². The van der Waals surface area contributed by atoms with Gasteiger partial charge in [-0.15, -0.1) is 11.6 Å². The SMILES string of the molecule is CC(Cl)CNCc1ccc(Cl)cc1F. The second-order valence-electron chi connectivity index (χ2n) is 3.15. The van der Waals surface area contributed by atoms with Crippen LogP contribution in [-0.2, 0) is 6.54 Å². The molecule has 0 aliphatic rings. The van der Waals surface area contributed by atoms with Gasteiger partial charge in [0.1, 0.15) is 5.82 Å². The molecule has 1 nitrogen and oxygen atoms in total. The average molecular weight is 236 g/mol. The van der Waals surface area contributed by atoms with Crippen molar-refractivity contribution in [2.24, 2.45) is 0 Å². The van der Waals surface area contributed by atoms with Crippen molar-refractivity contribution in [3.8, 4) is 0 Å². The Labute approximate surface area is 93.2 Å². The van der Waals surface area contributed by atoms with Crippen molar-refractivity contribution in [3.63, 3.8) is 0 Å². The highest BCUT2D eigenvalue weighted by Crippen LogP contribution is 2.14. The fourth-order valence-electron chi connectivity index (χ4n) is 1.07. The van der Waals surface area contributed by atoms with E-state index in [0.717, 1.165) is 0 Å². The van der Waals surface area contributed by atoms with E-state index >= 15 is 0 Å². The molecule has 4 heteroatoms. The molecular weight excluding hydrogens is 224 g/mol. The number of halogens is 3. The van der Waals surface area contributed by atoms with Gasteiger partial charge in [-0.25, -0.2) is 4.39 Å². The number of nitrogens with one attached hydrogen (secondary N) is 1. The number of hydrogen-bond donors (Lipinski definition) is 1. The summed E-state index contributed by atoms with van der Waals surface area (Å²) in [5, 5.41) is 3.51. The lowest BCUT2D eigenvalue weighted by Crippen LogP contribution is -2.21. The predicted molar refractivity (Wildman–Crippen MR) is 58.4 cm³/mol. The zero-order valence-corrected chi connectivity index (χ0v) is 9.37. The first-order chi connectivity index (χ1) is 6.59. The molecule has 1 unspecified atom stereocenters. The summed E-state index contributed by atoms with van der Waals surface area (Å²) in [5.41, 5.74) is 0.603. The summed E-state index contributed by atoms with van der Waals surface area (Å²) in [6.45, 7) is 3.01. The van der Waals surface area contributed by atoms with E-state index in [1.54, 1.807) is 12.1 Å². The summed E-state index contributed by atoms with van der Waals surface area (Å²) in [4.78, 5) is 0. The molecule has 14 heavy (non-hydrogen) atoms. The van der Waals surface area contributed by atoms with Crippen LogP contribution in [0.4, 0.5) is 4.39 Å². The zero-order valence-electron chi connectivity index (χ0n) is 7.86. The molecule has 0 fully saturated rings. The Bertz CT molecular complexity index is 302. The van der Waals surface area contributed by atoms with Gasteiger partial charge >= 0.3 is 0 Å². The van der Waals surface area contributed by atoms with Crippen LogP contribution in [0, 0.1) is 5.82 Å². The van der Waals surface area contributed by atoms with Gasteiger partial charge in [0.2, 0.25) is 0 Å². The van der Waals surface area contributed by atoms with E-state index in [4.69, 9.17) is 23.2 Å². The first-order valence-corrected chi connectivity index (χ1v) is 5.19. The van der Waals surface area contributed by atoms with Gasteiger partial charge in [-0.3, -0.25) is 0 Å². The lowest BCUT2D eigenvalue weighted by molar-refractivity contribution is 0.587. The minimum absolute atomic E-state index is 0.0466. The summed E-state index contributed by atoms with van der Waals surface area (Å²) in [7, 11) is 0. The fraction of sp³-hybridized carbons (Fsp3) is 0.400. The van der Waals surface area contributed by atoms with Crippen LogP contribution in [0.5, 0.6) is 0 Å². The fourth-order valence-corrected chi connectivity index (χ4v) is 1.34. The van der Waals surface area contributed by atoms with E-state index in [1.807, 2.05) is 6.92 Å². The summed E-state index contributed by atoms with van der Waals surface area (Å²) in [6.07, 6.45) is 0. The number of benzene rings is 1. The molecule has 1 N–H and O–H groups in total. The van der Waals surface area contributed by atoms with Crippen molar-refractivity contribution >= 4 is 23.2 Å². The lowest BCUT2D eigenvalue weighted by atomic mass is 10.2. The minimum Gasteiger partial charge on any atom is -0.311 e. The Morgan fingerprint density at radius 1 is 1.50 bits per heavy atom. The quantitative estimate of drug-likeness (QED) is 0.791. The van der Waals surface area contributed by atoms with E-state index in [9.17, 15) is 4.39 Å². The second-order valence-corrected chi connectivity index (χ2v) is 4.33. The van der Waals surface area contributed by atoms with Gasteiger partial charge in [-0.2, -0.15) is 0 Å². The maximum atomic E-state index is 13.2. The predicted octanol–water partition coefficient (Wildman–Crippen LogP) is 3.20. The topological polar surface area (TPSA) is 12.0 Å². The van der Waals surface area contributed by atoms with Crippen LogP contribution in [0.25, 0.3) is 0 Å². The molecule has 0 heterocycles. The van der Waals surface area contributed by atoms with Crippen LogP contribution < -0.4 is 5.32 Å². The summed E-state index contributed by atoms with van der Waals surface area (Å²) >= 11 is 11.4. The van der Waals surface area contributed by atoms with E-state index in [2.05, 4.69) is 5.32 Å². The molecule has 1 atom stereocenters. The number of alkyl halides is 1. The van der Waals surface area contributed by atoms with Gasteiger partial charge in [0.05, 0.1) is 0 Å². The van der Waals surface area contributed by atoms with E-state index in [1.165, 1.54) is 6.07 Å². The molecule has 0 aliphatic carbocycles. The van der Waals surface area contributed by atoms with E-state index < -0.39 is 0 Å². The van der Waals surface area contributed by atoms with Crippen LogP contribution >= 0.6 is 23.2 Å². The smallest absolute Gasteiger partial charge is 0.129 e. The van der Waals surface area contributed by atoms with Gasteiger partial charge in [-0.05, 0) is 19.1 Å². The largest absolute Gasteiger partial charge is 0.311 e. The minimum atomic E-state index is -0.285. The van der Waals surface area contributed by atoms with Gasteiger partial charge in [0.25, 0.3) is 0 Å². The lowest BCUT2D eigenvalue weighted by Gasteiger charge is -2.07. The molecule has 0 amide bonds. The number of hydrogen-bond acceptors (Lipinski definition) is 1. The molecule has 78 valence electrons. The van der Waals surface area contributed by atoms with Gasteiger partial charge in [-0.1, -0.05) is 17.7 Å². The normalized spacial score (nSPS) is 12.9. The monoisotopic (exact) mass is 235 g/mol. The highest BCUT2D eigenvalue weighted by molar-refractivity contribution is 6.30. The Morgan fingerprint density at radius 2 is 2.21 bits per heavy atom. The first-order valence-electron chi connectivity index (χ1n) is 4.38. The molecule has 0 saturated heterocycles. The average Bonchev–Trinajstić information content (AvgIpc) is 2.08. The third-order valence-electron chi connectivity index (χ3n) is 1.76. The van der Waals surface area contributed by atoms with Gasteiger partial charge in [0.15, 0.2) is 0 Å². The highest BCUT2D eigenvalue weighted by atomic mass is 35.5. The Kier molecular flexibility index (Phi) is 4.66.